The molecule has 0 bridgehead atoms. The van der Waals surface area contributed by atoms with E-state index in [0.717, 1.165) is 0 Å². The molecule has 1 aliphatic rings. The molecule has 0 aliphatic carbocycles. The van der Waals surface area contributed by atoms with E-state index in [9.17, 15) is 23.6 Å². The van der Waals surface area contributed by atoms with Gasteiger partial charge in [-0.05, 0) is 50.2 Å². The van der Waals surface area contributed by atoms with Crippen molar-refractivity contribution in [1.29, 1.82) is 0 Å². The lowest BCUT2D eigenvalue weighted by Gasteiger charge is -2.38. The Labute approximate surface area is 239 Å². The fourth-order valence-electron chi connectivity index (χ4n) is 3.96. The Balaban J connectivity index is 1.61. The molecule has 1 aromatic heterocycles. The Morgan fingerprint density at radius 3 is 2.20 bits per heavy atom. The van der Waals surface area contributed by atoms with Crippen molar-refractivity contribution in [3.63, 3.8) is 0 Å². The van der Waals surface area contributed by atoms with Crippen LogP contribution in [0.15, 0.2) is 35.3 Å². The minimum atomic E-state index is -2.06. The molecule has 0 saturated carbocycles. The Bertz CT molecular complexity index is 1360. The molecule has 0 radical (unpaired) electrons. The van der Waals surface area contributed by atoms with Crippen LogP contribution in [0.1, 0.15) is 40.2 Å². The number of urea groups is 1. The fourth-order valence-corrected chi connectivity index (χ4v) is 4.91. The van der Waals surface area contributed by atoms with Crippen LogP contribution in [0.5, 0.6) is 0 Å². The number of rotatable bonds is 7. The summed E-state index contributed by atoms with van der Waals surface area (Å²) in [6.07, 6.45) is 0.101. The number of amides is 4. The van der Waals surface area contributed by atoms with Gasteiger partial charge in [0.25, 0.3) is 0 Å². The normalized spacial score (nSPS) is 14.5. The third kappa shape index (κ3) is 7.70. The summed E-state index contributed by atoms with van der Waals surface area (Å²) in [5, 5.41) is 13.7. The molecule has 2 heterocycles. The number of hydrogen-bond acceptors (Lipinski definition) is 6. The van der Waals surface area contributed by atoms with Crippen LogP contribution in [-0.4, -0.2) is 82.5 Å². The van der Waals surface area contributed by atoms with Crippen molar-refractivity contribution in [2.24, 2.45) is 0 Å². The second-order valence-electron chi connectivity index (χ2n) is 12.1. The molecule has 41 heavy (non-hydrogen) atoms. The predicted molar refractivity (Wildman–Crippen MR) is 154 cm³/mol. The molecule has 1 aliphatic heterocycles. The molecule has 14 heteroatoms. The largest absolute Gasteiger partial charge is 0.465 e. The number of nitrogens with zero attached hydrogens (tertiary/aromatic N) is 4. The topological polar surface area (TPSA) is 146 Å². The standard InChI is InChI=1S/C27H39FN6O6Si/c1-26(2,3)41(6,7)40-17-18-8-9-19(16-20(18)28)34-11-10-21(30-24(34)37)29-23(36)33-14-12-32(13-15-33)22(35)27(4,5)31-25(38)39/h8-11,16,31H,12-15,17H2,1-7H3,(H,38,39)(H,29,30,36,37). The van der Waals surface area contributed by atoms with Gasteiger partial charge in [0, 0.05) is 37.9 Å². The lowest BCUT2D eigenvalue weighted by atomic mass is 10.0. The zero-order valence-corrected chi connectivity index (χ0v) is 25.6. The molecule has 2 aromatic rings. The highest BCUT2D eigenvalue weighted by Crippen LogP contribution is 2.37. The lowest BCUT2D eigenvalue weighted by Crippen LogP contribution is -2.60. The minimum Gasteiger partial charge on any atom is -0.465 e. The zero-order chi connectivity index (χ0) is 30.8. The van der Waals surface area contributed by atoms with Crippen LogP contribution in [0.2, 0.25) is 18.1 Å². The Morgan fingerprint density at radius 2 is 1.66 bits per heavy atom. The average molecular weight is 591 g/mol. The van der Waals surface area contributed by atoms with E-state index in [1.165, 1.54) is 46.5 Å². The summed E-state index contributed by atoms with van der Waals surface area (Å²) in [6, 6.07) is 5.39. The van der Waals surface area contributed by atoms with Gasteiger partial charge in [0.15, 0.2) is 8.32 Å². The smallest absolute Gasteiger partial charge is 0.405 e. The summed E-state index contributed by atoms with van der Waals surface area (Å²) in [7, 11) is -2.06. The van der Waals surface area contributed by atoms with Crippen molar-refractivity contribution in [2.45, 2.75) is 64.9 Å². The van der Waals surface area contributed by atoms with Gasteiger partial charge >= 0.3 is 17.8 Å². The van der Waals surface area contributed by atoms with Crippen molar-refractivity contribution in [1.82, 2.24) is 24.7 Å². The van der Waals surface area contributed by atoms with Crippen molar-refractivity contribution in [3.05, 3.63) is 52.3 Å². The van der Waals surface area contributed by atoms with Crippen LogP contribution in [0.4, 0.5) is 19.8 Å². The van der Waals surface area contributed by atoms with E-state index in [4.69, 9.17) is 9.53 Å². The van der Waals surface area contributed by atoms with Gasteiger partial charge in [0.2, 0.25) is 5.91 Å². The van der Waals surface area contributed by atoms with E-state index < -0.39 is 43.4 Å². The molecule has 0 unspecified atom stereocenters. The molecule has 12 nitrogen and oxygen atoms in total. The minimum absolute atomic E-state index is 0.00874. The SMILES string of the molecule is CC(C)(NC(=O)O)C(=O)N1CCN(C(=O)Nc2ccn(-c3ccc(CO[Si](C)(C)C(C)(C)C)c(F)c3)c(=O)n2)CC1. The number of aromatic nitrogens is 2. The van der Waals surface area contributed by atoms with Crippen LogP contribution in [-0.2, 0) is 15.8 Å². The predicted octanol–water partition coefficient (Wildman–Crippen LogP) is 3.62. The first kappa shape index (κ1) is 31.7. The molecular formula is C27H39FN6O6Si. The summed E-state index contributed by atoms with van der Waals surface area (Å²) < 4.78 is 22.2. The highest BCUT2D eigenvalue weighted by atomic mass is 28.4. The number of benzene rings is 1. The van der Waals surface area contributed by atoms with Crippen LogP contribution >= 0.6 is 0 Å². The fraction of sp³-hybridized carbons (Fsp3) is 0.519. The molecule has 0 atom stereocenters. The van der Waals surface area contributed by atoms with Crippen LogP contribution in [0, 0.1) is 5.82 Å². The number of hydrogen-bond donors (Lipinski definition) is 3. The molecule has 1 aromatic carbocycles. The van der Waals surface area contributed by atoms with E-state index in [1.54, 1.807) is 12.1 Å². The first-order valence-electron chi connectivity index (χ1n) is 13.3. The Kier molecular flexibility index (Phi) is 9.28. The molecule has 1 fully saturated rings. The van der Waals surface area contributed by atoms with Crippen molar-refractivity contribution in [2.75, 3.05) is 31.5 Å². The van der Waals surface area contributed by atoms with Gasteiger partial charge in [0.1, 0.15) is 17.2 Å². The summed E-state index contributed by atoms with van der Waals surface area (Å²) in [5.74, 6) is -0.857. The summed E-state index contributed by atoms with van der Waals surface area (Å²) in [5.41, 5.74) is -1.32. The van der Waals surface area contributed by atoms with E-state index in [-0.39, 0.29) is 49.3 Å². The zero-order valence-electron chi connectivity index (χ0n) is 24.6. The molecule has 3 rings (SSSR count). The second kappa shape index (κ2) is 12.0. The molecule has 0 spiro atoms. The van der Waals surface area contributed by atoms with Crippen LogP contribution in [0.3, 0.4) is 0 Å². The van der Waals surface area contributed by atoms with Gasteiger partial charge in [-0.3, -0.25) is 14.7 Å². The van der Waals surface area contributed by atoms with E-state index in [2.05, 4.69) is 49.5 Å². The van der Waals surface area contributed by atoms with Gasteiger partial charge in [0.05, 0.1) is 12.3 Å². The molecular weight excluding hydrogens is 551 g/mol. The van der Waals surface area contributed by atoms with E-state index in [1.807, 2.05) is 0 Å². The van der Waals surface area contributed by atoms with E-state index >= 15 is 0 Å². The number of anilines is 1. The number of carboxylic acid groups (broad SMARTS) is 1. The van der Waals surface area contributed by atoms with Gasteiger partial charge in [-0.1, -0.05) is 26.8 Å². The van der Waals surface area contributed by atoms with Crippen LogP contribution < -0.4 is 16.3 Å². The Morgan fingerprint density at radius 1 is 1.05 bits per heavy atom. The maximum atomic E-state index is 14.9. The molecule has 1 saturated heterocycles. The lowest BCUT2D eigenvalue weighted by molar-refractivity contribution is -0.138. The van der Waals surface area contributed by atoms with Gasteiger partial charge in [-0.2, -0.15) is 4.98 Å². The number of carbonyl (C=O) groups excluding carboxylic acids is 2. The van der Waals surface area contributed by atoms with E-state index in [0.29, 0.717) is 5.56 Å². The first-order valence-corrected chi connectivity index (χ1v) is 16.2. The Hall–Kier alpha value is -3.78. The number of nitrogens with one attached hydrogen (secondary N) is 2. The van der Waals surface area contributed by atoms with Gasteiger partial charge in [-0.15, -0.1) is 0 Å². The van der Waals surface area contributed by atoms with Crippen molar-refractivity contribution < 1.29 is 28.3 Å². The third-order valence-corrected chi connectivity index (χ3v) is 12.0. The number of piperazine rings is 1. The molecule has 3 N–H and O–H groups in total. The number of carbonyl (C=O) groups is 3. The second-order valence-corrected chi connectivity index (χ2v) is 16.9. The monoisotopic (exact) mass is 590 g/mol. The van der Waals surface area contributed by atoms with Crippen molar-refractivity contribution >= 4 is 32.2 Å². The quantitative estimate of drug-likeness (QED) is 0.418. The maximum absolute atomic E-state index is 14.9. The number of halogens is 1. The highest BCUT2D eigenvalue weighted by molar-refractivity contribution is 6.74. The summed E-state index contributed by atoms with van der Waals surface area (Å²) in [4.78, 5) is 55.9. The van der Waals surface area contributed by atoms with Gasteiger partial charge < -0.3 is 24.6 Å². The highest BCUT2D eigenvalue weighted by Gasteiger charge is 2.37. The maximum Gasteiger partial charge on any atom is 0.405 e. The average Bonchev–Trinajstić information content (AvgIpc) is 2.86. The van der Waals surface area contributed by atoms with Crippen molar-refractivity contribution in [3.8, 4) is 5.69 Å². The van der Waals surface area contributed by atoms with Gasteiger partial charge in [-0.25, -0.2) is 18.8 Å². The summed E-state index contributed by atoms with van der Waals surface area (Å²) in [6.45, 7) is 14.5. The molecule has 4 amide bonds. The third-order valence-electron chi connectivity index (χ3n) is 7.56. The van der Waals surface area contributed by atoms with Crippen LogP contribution in [0.25, 0.3) is 5.69 Å². The first-order chi connectivity index (χ1) is 18.9. The summed E-state index contributed by atoms with van der Waals surface area (Å²) >= 11 is 0. The molecule has 224 valence electrons.